The van der Waals surface area contributed by atoms with Gasteiger partial charge in [0.15, 0.2) is 0 Å². The molecule has 0 saturated carbocycles. The molecular formula is C12H16O3. The summed E-state index contributed by atoms with van der Waals surface area (Å²) in [4.78, 5) is 11.3. The lowest BCUT2D eigenvalue weighted by Crippen LogP contribution is -2.00. The Hall–Kier alpha value is -1.51. The minimum absolute atomic E-state index is 0.293. The van der Waals surface area contributed by atoms with Crippen molar-refractivity contribution in [3.63, 3.8) is 0 Å². The standard InChI is InChI=1S/C12H16O3/c1-7(2)8(3)11-6-10(9(4)15-11)12(13)14-5/h6-7H,3H2,1-2,4-5H3. The van der Waals surface area contributed by atoms with E-state index in [1.165, 1.54) is 7.11 Å². The summed E-state index contributed by atoms with van der Waals surface area (Å²) in [7, 11) is 1.35. The summed E-state index contributed by atoms with van der Waals surface area (Å²) in [6.45, 7) is 9.71. The number of rotatable bonds is 3. The number of furan rings is 1. The van der Waals surface area contributed by atoms with Crippen molar-refractivity contribution >= 4 is 11.5 Å². The van der Waals surface area contributed by atoms with Crippen molar-refractivity contribution in [3.8, 4) is 0 Å². The van der Waals surface area contributed by atoms with Crippen LogP contribution in [-0.4, -0.2) is 13.1 Å². The normalized spacial score (nSPS) is 10.5. The van der Waals surface area contributed by atoms with Gasteiger partial charge in [-0.25, -0.2) is 4.79 Å². The average molecular weight is 208 g/mol. The second-order valence-electron chi connectivity index (χ2n) is 3.75. The predicted molar refractivity (Wildman–Crippen MR) is 58.7 cm³/mol. The quantitative estimate of drug-likeness (QED) is 0.717. The zero-order valence-corrected chi connectivity index (χ0v) is 9.59. The largest absolute Gasteiger partial charge is 0.465 e. The molecule has 82 valence electrons. The van der Waals surface area contributed by atoms with Gasteiger partial charge in [0.2, 0.25) is 0 Å². The van der Waals surface area contributed by atoms with Crippen LogP contribution in [0.1, 0.15) is 35.7 Å². The van der Waals surface area contributed by atoms with Gasteiger partial charge < -0.3 is 9.15 Å². The van der Waals surface area contributed by atoms with Crippen molar-refractivity contribution in [1.29, 1.82) is 0 Å². The summed E-state index contributed by atoms with van der Waals surface area (Å²) in [5, 5.41) is 0. The van der Waals surface area contributed by atoms with Crippen molar-refractivity contribution in [2.24, 2.45) is 5.92 Å². The predicted octanol–water partition coefficient (Wildman–Crippen LogP) is 3.04. The zero-order chi connectivity index (χ0) is 11.6. The van der Waals surface area contributed by atoms with Crippen molar-refractivity contribution in [3.05, 3.63) is 29.7 Å². The Kier molecular flexibility index (Phi) is 3.35. The molecule has 3 nitrogen and oxygen atoms in total. The van der Waals surface area contributed by atoms with Crippen molar-refractivity contribution in [1.82, 2.24) is 0 Å². The lowest BCUT2D eigenvalue weighted by Gasteiger charge is -2.04. The highest BCUT2D eigenvalue weighted by molar-refractivity contribution is 5.91. The molecule has 0 N–H and O–H groups in total. The van der Waals surface area contributed by atoms with E-state index in [0.717, 1.165) is 5.57 Å². The Morgan fingerprint density at radius 3 is 2.60 bits per heavy atom. The Bertz CT molecular complexity index is 386. The molecule has 0 spiro atoms. The lowest BCUT2D eigenvalue weighted by atomic mass is 10.0. The fourth-order valence-electron chi connectivity index (χ4n) is 1.24. The minimum atomic E-state index is -0.376. The van der Waals surface area contributed by atoms with Crippen LogP contribution in [0.2, 0.25) is 0 Å². The lowest BCUT2D eigenvalue weighted by molar-refractivity contribution is 0.0599. The van der Waals surface area contributed by atoms with Gasteiger partial charge in [0.25, 0.3) is 0 Å². The van der Waals surface area contributed by atoms with Crippen molar-refractivity contribution in [2.45, 2.75) is 20.8 Å². The summed E-state index contributed by atoms with van der Waals surface area (Å²) < 4.78 is 10.1. The monoisotopic (exact) mass is 208 g/mol. The van der Waals surface area contributed by atoms with Gasteiger partial charge in [-0.15, -0.1) is 0 Å². The van der Waals surface area contributed by atoms with Crippen LogP contribution in [0.25, 0.3) is 5.57 Å². The van der Waals surface area contributed by atoms with Crippen LogP contribution in [0.4, 0.5) is 0 Å². The Morgan fingerprint density at radius 1 is 1.53 bits per heavy atom. The van der Waals surface area contributed by atoms with Crippen LogP contribution in [0.3, 0.4) is 0 Å². The molecule has 0 aliphatic rings. The maximum absolute atomic E-state index is 11.3. The first kappa shape index (κ1) is 11.6. The van der Waals surface area contributed by atoms with E-state index in [-0.39, 0.29) is 5.97 Å². The van der Waals surface area contributed by atoms with Crippen LogP contribution in [0.15, 0.2) is 17.1 Å². The van der Waals surface area contributed by atoms with Crippen molar-refractivity contribution in [2.75, 3.05) is 7.11 Å². The second-order valence-corrected chi connectivity index (χ2v) is 3.75. The first-order valence-electron chi connectivity index (χ1n) is 4.85. The molecule has 1 heterocycles. The van der Waals surface area contributed by atoms with E-state index in [0.29, 0.717) is 23.0 Å². The number of allylic oxidation sites excluding steroid dienone is 1. The molecule has 1 rings (SSSR count). The smallest absolute Gasteiger partial charge is 0.341 e. The molecule has 0 aliphatic heterocycles. The van der Waals surface area contributed by atoms with Crippen LogP contribution >= 0.6 is 0 Å². The van der Waals surface area contributed by atoms with E-state index in [9.17, 15) is 4.79 Å². The van der Waals surface area contributed by atoms with Gasteiger partial charge in [0.05, 0.1) is 7.11 Å². The SMILES string of the molecule is C=C(c1cc(C(=O)OC)c(C)o1)C(C)C. The molecule has 0 unspecified atom stereocenters. The third kappa shape index (κ3) is 2.29. The number of hydrogen-bond donors (Lipinski definition) is 0. The second kappa shape index (κ2) is 4.34. The number of carbonyl (C=O) groups excluding carboxylic acids is 1. The summed E-state index contributed by atoms with van der Waals surface area (Å²) in [6, 6.07) is 1.68. The summed E-state index contributed by atoms with van der Waals surface area (Å²) in [5.41, 5.74) is 1.35. The molecule has 1 aromatic rings. The first-order valence-corrected chi connectivity index (χ1v) is 4.85. The number of hydrogen-bond acceptors (Lipinski definition) is 3. The van der Waals surface area contributed by atoms with Gasteiger partial charge in [-0.2, -0.15) is 0 Å². The van der Waals surface area contributed by atoms with Gasteiger partial charge in [-0.05, 0) is 24.5 Å². The Morgan fingerprint density at radius 2 is 2.13 bits per heavy atom. The molecule has 0 atom stereocenters. The van der Waals surface area contributed by atoms with Crippen LogP contribution in [0.5, 0.6) is 0 Å². The van der Waals surface area contributed by atoms with Crippen LogP contribution < -0.4 is 0 Å². The minimum Gasteiger partial charge on any atom is -0.465 e. The molecule has 0 radical (unpaired) electrons. The topological polar surface area (TPSA) is 39.4 Å². The average Bonchev–Trinajstić information content (AvgIpc) is 2.57. The number of ether oxygens (including phenoxy) is 1. The van der Waals surface area contributed by atoms with E-state index >= 15 is 0 Å². The highest BCUT2D eigenvalue weighted by Crippen LogP contribution is 2.25. The number of methoxy groups -OCH3 is 1. The van der Waals surface area contributed by atoms with E-state index in [1.54, 1.807) is 13.0 Å². The van der Waals surface area contributed by atoms with E-state index in [4.69, 9.17) is 4.42 Å². The van der Waals surface area contributed by atoms with E-state index in [2.05, 4.69) is 11.3 Å². The molecule has 0 fully saturated rings. The highest BCUT2D eigenvalue weighted by Gasteiger charge is 2.17. The maximum atomic E-state index is 11.3. The molecule has 0 aromatic carbocycles. The zero-order valence-electron chi connectivity index (χ0n) is 9.59. The van der Waals surface area contributed by atoms with E-state index < -0.39 is 0 Å². The van der Waals surface area contributed by atoms with Gasteiger partial charge in [0, 0.05) is 0 Å². The molecule has 0 amide bonds. The fraction of sp³-hybridized carbons (Fsp3) is 0.417. The molecule has 0 aliphatic carbocycles. The van der Waals surface area contributed by atoms with Gasteiger partial charge in [-0.1, -0.05) is 20.4 Å². The molecule has 15 heavy (non-hydrogen) atoms. The molecule has 0 saturated heterocycles. The van der Waals surface area contributed by atoms with Gasteiger partial charge >= 0.3 is 5.97 Å². The summed E-state index contributed by atoms with van der Waals surface area (Å²) in [5.74, 6) is 1.14. The molecule has 1 aromatic heterocycles. The number of esters is 1. The number of aryl methyl sites for hydroxylation is 1. The van der Waals surface area contributed by atoms with Crippen LogP contribution in [0, 0.1) is 12.8 Å². The molecular weight excluding hydrogens is 192 g/mol. The van der Waals surface area contributed by atoms with Crippen LogP contribution in [-0.2, 0) is 4.74 Å². The third-order valence-electron chi connectivity index (χ3n) is 2.34. The summed E-state index contributed by atoms with van der Waals surface area (Å²) in [6.07, 6.45) is 0. The van der Waals surface area contributed by atoms with E-state index in [1.807, 2.05) is 13.8 Å². The maximum Gasteiger partial charge on any atom is 0.341 e. The Balaban J connectivity index is 3.06. The van der Waals surface area contributed by atoms with Crippen molar-refractivity contribution < 1.29 is 13.9 Å². The van der Waals surface area contributed by atoms with Gasteiger partial charge in [-0.3, -0.25) is 0 Å². The fourth-order valence-corrected chi connectivity index (χ4v) is 1.24. The molecule has 3 heteroatoms. The number of carbonyl (C=O) groups is 1. The molecule has 0 bridgehead atoms. The summed E-state index contributed by atoms with van der Waals surface area (Å²) >= 11 is 0. The highest BCUT2D eigenvalue weighted by atomic mass is 16.5. The third-order valence-corrected chi connectivity index (χ3v) is 2.34. The van der Waals surface area contributed by atoms with Gasteiger partial charge in [0.1, 0.15) is 17.1 Å². The Labute approximate surface area is 89.7 Å². The first-order chi connectivity index (χ1) is 6.97.